The summed E-state index contributed by atoms with van der Waals surface area (Å²) in [5.74, 6) is 0.0591. The molecule has 2 nitrogen and oxygen atoms in total. The summed E-state index contributed by atoms with van der Waals surface area (Å²) < 4.78 is 0. The van der Waals surface area contributed by atoms with Gasteiger partial charge in [0, 0.05) is 17.4 Å². The smallest absolute Gasteiger partial charge is 0.224 e. The molecule has 21 heavy (non-hydrogen) atoms. The van der Waals surface area contributed by atoms with E-state index in [0.29, 0.717) is 6.42 Å². The number of alkyl halides is 1. The van der Waals surface area contributed by atoms with Crippen molar-refractivity contribution in [1.82, 2.24) is 0 Å². The molecule has 0 heterocycles. The number of carbonyl (C=O) groups is 1. The second kappa shape index (κ2) is 7.99. The van der Waals surface area contributed by atoms with Crippen molar-refractivity contribution in [3.05, 3.63) is 65.2 Å². The standard InChI is InChI=1S/C18H20BrNO/c1-14-2-4-15(5-3-14)8-11-18(21)20-17-9-6-16(7-10-17)12-13-19/h2-7,9-10H,8,11-13H2,1H3,(H,20,21). The number of anilines is 1. The number of carbonyl (C=O) groups excluding carboxylic acids is 1. The van der Waals surface area contributed by atoms with E-state index >= 15 is 0 Å². The Hall–Kier alpha value is -1.61. The van der Waals surface area contributed by atoms with Crippen LogP contribution in [0.2, 0.25) is 0 Å². The van der Waals surface area contributed by atoms with Crippen molar-refractivity contribution < 1.29 is 4.79 Å². The molecule has 2 aromatic carbocycles. The van der Waals surface area contributed by atoms with Gasteiger partial charge in [0.05, 0.1) is 0 Å². The molecule has 0 fully saturated rings. The first-order valence-electron chi connectivity index (χ1n) is 7.17. The number of halogens is 1. The van der Waals surface area contributed by atoms with Gasteiger partial charge in [0.2, 0.25) is 5.91 Å². The minimum Gasteiger partial charge on any atom is -0.326 e. The van der Waals surface area contributed by atoms with Gasteiger partial charge in [-0.2, -0.15) is 0 Å². The maximum Gasteiger partial charge on any atom is 0.224 e. The van der Waals surface area contributed by atoms with Gasteiger partial charge >= 0.3 is 0 Å². The number of hydrogen-bond acceptors (Lipinski definition) is 1. The fraction of sp³-hybridized carbons (Fsp3) is 0.278. The molecule has 0 bridgehead atoms. The molecule has 0 unspecified atom stereocenters. The number of aryl methyl sites for hydroxylation is 3. The lowest BCUT2D eigenvalue weighted by atomic mass is 10.1. The van der Waals surface area contributed by atoms with E-state index in [9.17, 15) is 4.79 Å². The summed E-state index contributed by atoms with van der Waals surface area (Å²) in [5.41, 5.74) is 4.57. The van der Waals surface area contributed by atoms with Crippen molar-refractivity contribution in [1.29, 1.82) is 0 Å². The third-order valence-corrected chi connectivity index (χ3v) is 3.78. The fourth-order valence-electron chi connectivity index (χ4n) is 2.10. The second-order valence-electron chi connectivity index (χ2n) is 5.17. The molecule has 0 aliphatic heterocycles. The van der Waals surface area contributed by atoms with E-state index in [1.807, 2.05) is 12.1 Å². The summed E-state index contributed by atoms with van der Waals surface area (Å²) >= 11 is 3.42. The molecule has 1 N–H and O–H groups in total. The SMILES string of the molecule is Cc1ccc(CCC(=O)Nc2ccc(CCBr)cc2)cc1. The van der Waals surface area contributed by atoms with E-state index in [2.05, 4.69) is 64.6 Å². The zero-order chi connectivity index (χ0) is 15.1. The van der Waals surface area contributed by atoms with Crippen LogP contribution < -0.4 is 5.32 Å². The Bertz CT molecular complexity index is 575. The first-order chi connectivity index (χ1) is 10.2. The van der Waals surface area contributed by atoms with Gasteiger partial charge < -0.3 is 5.32 Å². The molecule has 110 valence electrons. The Balaban J connectivity index is 1.82. The normalized spacial score (nSPS) is 10.4. The van der Waals surface area contributed by atoms with Crippen LogP contribution in [-0.4, -0.2) is 11.2 Å². The van der Waals surface area contributed by atoms with Crippen molar-refractivity contribution in [2.75, 3.05) is 10.6 Å². The Morgan fingerprint density at radius 2 is 1.52 bits per heavy atom. The number of hydrogen-bond donors (Lipinski definition) is 1. The maximum absolute atomic E-state index is 11.9. The Kier molecular flexibility index (Phi) is 6.00. The number of benzene rings is 2. The highest BCUT2D eigenvalue weighted by molar-refractivity contribution is 9.09. The lowest BCUT2D eigenvalue weighted by Crippen LogP contribution is -2.12. The van der Waals surface area contributed by atoms with E-state index in [0.717, 1.165) is 23.9 Å². The van der Waals surface area contributed by atoms with Gasteiger partial charge in [-0.05, 0) is 43.0 Å². The lowest BCUT2D eigenvalue weighted by Gasteiger charge is -2.06. The topological polar surface area (TPSA) is 29.1 Å². The predicted molar refractivity (Wildman–Crippen MR) is 92.1 cm³/mol. The third-order valence-electron chi connectivity index (χ3n) is 3.38. The monoisotopic (exact) mass is 345 g/mol. The van der Waals surface area contributed by atoms with Gasteiger partial charge in [-0.1, -0.05) is 57.9 Å². The lowest BCUT2D eigenvalue weighted by molar-refractivity contribution is -0.116. The Morgan fingerprint density at radius 3 is 2.14 bits per heavy atom. The van der Waals surface area contributed by atoms with Crippen molar-refractivity contribution in [2.45, 2.75) is 26.2 Å². The van der Waals surface area contributed by atoms with Gasteiger partial charge in [-0.3, -0.25) is 4.79 Å². The van der Waals surface area contributed by atoms with Crippen molar-refractivity contribution in [2.24, 2.45) is 0 Å². The Morgan fingerprint density at radius 1 is 0.952 bits per heavy atom. The highest BCUT2D eigenvalue weighted by Crippen LogP contribution is 2.12. The summed E-state index contributed by atoms with van der Waals surface area (Å²) in [6.45, 7) is 2.07. The van der Waals surface area contributed by atoms with E-state index < -0.39 is 0 Å². The fourth-order valence-corrected chi connectivity index (χ4v) is 2.56. The summed E-state index contributed by atoms with van der Waals surface area (Å²) in [5, 5.41) is 3.90. The molecule has 0 saturated carbocycles. The van der Waals surface area contributed by atoms with Crippen molar-refractivity contribution in [3.8, 4) is 0 Å². The Labute approximate surface area is 134 Å². The largest absolute Gasteiger partial charge is 0.326 e. The van der Waals surface area contributed by atoms with Crippen LogP contribution in [0.15, 0.2) is 48.5 Å². The summed E-state index contributed by atoms with van der Waals surface area (Å²) in [6.07, 6.45) is 2.28. The van der Waals surface area contributed by atoms with Gasteiger partial charge in [0.15, 0.2) is 0 Å². The van der Waals surface area contributed by atoms with Crippen LogP contribution in [0.25, 0.3) is 0 Å². The molecule has 0 radical (unpaired) electrons. The molecule has 0 atom stereocenters. The van der Waals surface area contributed by atoms with Crippen LogP contribution in [0, 0.1) is 6.92 Å². The molecule has 1 amide bonds. The first-order valence-corrected chi connectivity index (χ1v) is 8.30. The first kappa shape index (κ1) is 15.8. The highest BCUT2D eigenvalue weighted by Gasteiger charge is 2.03. The quantitative estimate of drug-likeness (QED) is 0.767. The van der Waals surface area contributed by atoms with E-state index in [1.165, 1.54) is 16.7 Å². The summed E-state index contributed by atoms with van der Waals surface area (Å²) in [6, 6.07) is 16.3. The molecule has 0 spiro atoms. The molecule has 2 aromatic rings. The van der Waals surface area contributed by atoms with Gasteiger partial charge in [-0.25, -0.2) is 0 Å². The highest BCUT2D eigenvalue weighted by atomic mass is 79.9. The molecule has 0 aliphatic carbocycles. The van der Waals surface area contributed by atoms with E-state index in [4.69, 9.17) is 0 Å². The molecular weight excluding hydrogens is 326 g/mol. The summed E-state index contributed by atoms with van der Waals surface area (Å²) in [4.78, 5) is 11.9. The molecule has 0 aromatic heterocycles. The van der Waals surface area contributed by atoms with Crippen LogP contribution in [-0.2, 0) is 17.6 Å². The second-order valence-corrected chi connectivity index (χ2v) is 5.96. The number of amides is 1. The van der Waals surface area contributed by atoms with E-state index in [-0.39, 0.29) is 5.91 Å². The van der Waals surface area contributed by atoms with Gasteiger partial charge in [0.25, 0.3) is 0 Å². The van der Waals surface area contributed by atoms with Gasteiger partial charge in [0.1, 0.15) is 0 Å². The predicted octanol–water partition coefficient (Wildman–Crippen LogP) is 4.50. The molecule has 0 aliphatic rings. The average molecular weight is 346 g/mol. The number of rotatable bonds is 6. The van der Waals surface area contributed by atoms with Crippen LogP contribution in [0.1, 0.15) is 23.1 Å². The molecular formula is C18H20BrNO. The molecule has 3 heteroatoms. The number of nitrogens with one attached hydrogen (secondary N) is 1. The van der Waals surface area contributed by atoms with E-state index in [1.54, 1.807) is 0 Å². The van der Waals surface area contributed by atoms with Crippen LogP contribution >= 0.6 is 15.9 Å². The molecule has 0 saturated heterocycles. The van der Waals surface area contributed by atoms with Gasteiger partial charge in [-0.15, -0.1) is 0 Å². The molecule has 2 rings (SSSR count). The van der Waals surface area contributed by atoms with Crippen molar-refractivity contribution >= 4 is 27.5 Å². The van der Waals surface area contributed by atoms with Crippen molar-refractivity contribution in [3.63, 3.8) is 0 Å². The summed E-state index contributed by atoms with van der Waals surface area (Å²) in [7, 11) is 0. The zero-order valence-corrected chi connectivity index (χ0v) is 13.8. The third kappa shape index (κ3) is 5.35. The average Bonchev–Trinajstić information content (AvgIpc) is 2.49. The van der Waals surface area contributed by atoms with Crippen LogP contribution in [0.5, 0.6) is 0 Å². The minimum absolute atomic E-state index is 0.0591. The van der Waals surface area contributed by atoms with Crippen LogP contribution in [0.3, 0.4) is 0 Å². The minimum atomic E-state index is 0.0591. The maximum atomic E-state index is 11.9. The zero-order valence-electron chi connectivity index (χ0n) is 12.2. The van der Waals surface area contributed by atoms with Crippen LogP contribution in [0.4, 0.5) is 5.69 Å².